The van der Waals surface area contributed by atoms with Gasteiger partial charge in [0.2, 0.25) is 0 Å². The quantitative estimate of drug-likeness (QED) is 0.757. The first-order valence-electron chi connectivity index (χ1n) is 6.92. The molecule has 0 spiro atoms. The summed E-state index contributed by atoms with van der Waals surface area (Å²) in [5.74, 6) is 0.909. The molecule has 0 saturated carbocycles. The Labute approximate surface area is 138 Å². The number of amides is 1. The zero-order valence-electron chi connectivity index (χ0n) is 12.6. The fourth-order valence-corrected chi connectivity index (χ4v) is 2.50. The lowest BCUT2D eigenvalue weighted by molar-refractivity contribution is 0.102. The number of carbonyl (C=O) groups is 1. The summed E-state index contributed by atoms with van der Waals surface area (Å²) in [5.41, 5.74) is 1.78. The summed E-state index contributed by atoms with van der Waals surface area (Å²) in [7, 11) is 3.11. The fraction of sp³-hybridized carbons (Fsp3) is 0.118. The number of aromatic nitrogens is 1. The summed E-state index contributed by atoms with van der Waals surface area (Å²) in [5, 5.41) is 4.35. The van der Waals surface area contributed by atoms with Gasteiger partial charge in [0, 0.05) is 22.0 Å². The van der Waals surface area contributed by atoms with Crippen LogP contribution in [-0.2, 0) is 0 Å². The molecular weight excluding hydrogens is 316 g/mol. The van der Waals surface area contributed by atoms with Crippen LogP contribution in [0.15, 0.2) is 42.5 Å². The van der Waals surface area contributed by atoms with Crippen LogP contribution in [0.4, 0.5) is 5.69 Å². The van der Waals surface area contributed by atoms with Gasteiger partial charge in [-0.05, 0) is 30.3 Å². The zero-order valence-corrected chi connectivity index (χ0v) is 13.4. The first-order valence-corrected chi connectivity index (χ1v) is 7.30. The third-order valence-corrected chi connectivity index (χ3v) is 3.72. The van der Waals surface area contributed by atoms with E-state index in [-0.39, 0.29) is 5.91 Å². The summed E-state index contributed by atoms with van der Waals surface area (Å²) in [4.78, 5) is 15.5. The van der Waals surface area contributed by atoms with E-state index in [1.54, 1.807) is 50.6 Å². The summed E-state index contributed by atoms with van der Waals surface area (Å²) < 4.78 is 10.4. The van der Waals surface area contributed by atoms with E-state index >= 15 is 0 Å². The van der Waals surface area contributed by atoms with Crippen molar-refractivity contribution < 1.29 is 14.3 Å². The number of halogens is 1. The van der Waals surface area contributed by atoms with Crippen molar-refractivity contribution in [1.29, 1.82) is 0 Å². The zero-order chi connectivity index (χ0) is 16.4. The predicted octanol–water partition coefficient (Wildman–Crippen LogP) is 4.09. The van der Waals surface area contributed by atoms with Crippen LogP contribution in [-0.4, -0.2) is 25.1 Å². The molecule has 2 N–H and O–H groups in total. The van der Waals surface area contributed by atoms with Crippen molar-refractivity contribution in [1.82, 2.24) is 4.98 Å². The minimum Gasteiger partial charge on any atom is -0.497 e. The Balaban J connectivity index is 1.91. The van der Waals surface area contributed by atoms with Crippen molar-refractivity contribution in [2.75, 3.05) is 19.5 Å². The van der Waals surface area contributed by atoms with E-state index < -0.39 is 0 Å². The van der Waals surface area contributed by atoms with Gasteiger partial charge >= 0.3 is 0 Å². The van der Waals surface area contributed by atoms with Gasteiger partial charge in [0.25, 0.3) is 5.91 Å². The molecule has 0 saturated heterocycles. The van der Waals surface area contributed by atoms with Gasteiger partial charge in [-0.3, -0.25) is 4.79 Å². The summed E-state index contributed by atoms with van der Waals surface area (Å²) in [6.45, 7) is 0. The van der Waals surface area contributed by atoms with Gasteiger partial charge in [-0.15, -0.1) is 0 Å². The van der Waals surface area contributed by atoms with Crippen LogP contribution in [0, 0.1) is 0 Å². The van der Waals surface area contributed by atoms with E-state index in [9.17, 15) is 4.79 Å². The summed E-state index contributed by atoms with van der Waals surface area (Å²) >= 11 is 5.96. The molecule has 0 radical (unpaired) electrons. The molecule has 0 bridgehead atoms. The standard InChI is InChI=1S/C17H15ClN2O3/c1-22-12-5-6-16(23-2)14(9-12)20-17(21)15-7-10-3-4-11(18)8-13(10)19-15/h3-9,19H,1-2H3,(H,20,21). The normalized spacial score (nSPS) is 10.6. The molecular formula is C17H15ClN2O3. The number of aromatic amines is 1. The molecule has 0 atom stereocenters. The molecule has 0 unspecified atom stereocenters. The number of H-pyrrole nitrogens is 1. The average molecular weight is 331 g/mol. The number of nitrogens with one attached hydrogen (secondary N) is 2. The monoisotopic (exact) mass is 330 g/mol. The molecule has 118 valence electrons. The second kappa shape index (κ2) is 6.22. The number of hydrogen-bond donors (Lipinski definition) is 2. The van der Waals surface area contributed by atoms with E-state index in [0.29, 0.717) is 27.9 Å². The van der Waals surface area contributed by atoms with Gasteiger partial charge < -0.3 is 19.8 Å². The summed E-state index contributed by atoms with van der Waals surface area (Å²) in [6.07, 6.45) is 0. The lowest BCUT2D eigenvalue weighted by Crippen LogP contribution is -2.13. The molecule has 0 aliphatic carbocycles. The number of fused-ring (bicyclic) bond motifs is 1. The Morgan fingerprint density at radius 2 is 1.91 bits per heavy atom. The highest BCUT2D eigenvalue weighted by molar-refractivity contribution is 6.31. The number of anilines is 1. The summed E-state index contributed by atoms with van der Waals surface area (Å²) in [6, 6.07) is 12.4. The maximum atomic E-state index is 12.5. The largest absolute Gasteiger partial charge is 0.497 e. The van der Waals surface area contributed by atoms with Gasteiger partial charge in [-0.2, -0.15) is 0 Å². The molecule has 1 amide bonds. The molecule has 1 aromatic heterocycles. The van der Waals surface area contributed by atoms with Crippen LogP contribution >= 0.6 is 11.6 Å². The van der Waals surface area contributed by atoms with Crippen LogP contribution in [0.1, 0.15) is 10.5 Å². The molecule has 23 heavy (non-hydrogen) atoms. The van der Waals surface area contributed by atoms with Crippen LogP contribution in [0.2, 0.25) is 5.02 Å². The Hall–Kier alpha value is -2.66. The number of ether oxygens (including phenoxy) is 2. The van der Waals surface area contributed by atoms with E-state index in [2.05, 4.69) is 10.3 Å². The van der Waals surface area contributed by atoms with Crippen LogP contribution < -0.4 is 14.8 Å². The molecule has 3 aromatic rings. The predicted molar refractivity (Wildman–Crippen MR) is 90.8 cm³/mol. The van der Waals surface area contributed by atoms with E-state index in [1.165, 1.54) is 0 Å². The van der Waals surface area contributed by atoms with Crippen LogP contribution in [0.5, 0.6) is 11.5 Å². The third-order valence-electron chi connectivity index (χ3n) is 3.48. The highest BCUT2D eigenvalue weighted by Gasteiger charge is 2.13. The van der Waals surface area contributed by atoms with Crippen LogP contribution in [0.25, 0.3) is 10.9 Å². The van der Waals surface area contributed by atoms with E-state index in [4.69, 9.17) is 21.1 Å². The van der Waals surface area contributed by atoms with Gasteiger partial charge in [0.15, 0.2) is 0 Å². The number of methoxy groups -OCH3 is 2. The van der Waals surface area contributed by atoms with Gasteiger partial charge in [-0.25, -0.2) is 0 Å². The molecule has 1 heterocycles. The maximum absolute atomic E-state index is 12.5. The number of carbonyl (C=O) groups excluding carboxylic acids is 1. The first-order chi connectivity index (χ1) is 11.1. The molecule has 5 nitrogen and oxygen atoms in total. The van der Waals surface area contributed by atoms with Crippen molar-refractivity contribution in [2.24, 2.45) is 0 Å². The second-order valence-corrected chi connectivity index (χ2v) is 5.37. The Morgan fingerprint density at radius 3 is 2.65 bits per heavy atom. The molecule has 2 aromatic carbocycles. The van der Waals surface area contributed by atoms with E-state index in [1.807, 2.05) is 6.07 Å². The van der Waals surface area contributed by atoms with E-state index in [0.717, 1.165) is 10.9 Å². The van der Waals surface area contributed by atoms with Crippen LogP contribution in [0.3, 0.4) is 0 Å². The highest BCUT2D eigenvalue weighted by Crippen LogP contribution is 2.29. The molecule has 0 aliphatic heterocycles. The third kappa shape index (κ3) is 3.10. The van der Waals surface area contributed by atoms with Crippen molar-refractivity contribution >= 4 is 34.1 Å². The SMILES string of the molecule is COc1ccc(OC)c(NC(=O)c2cc3ccc(Cl)cc3[nH]2)c1. The fourth-order valence-electron chi connectivity index (χ4n) is 2.32. The topological polar surface area (TPSA) is 63.4 Å². The van der Waals surface area contributed by atoms with Crippen molar-refractivity contribution in [3.8, 4) is 11.5 Å². The minimum atomic E-state index is -0.274. The van der Waals surface area contributed by atoms with Crippen molar-refractivity contribution in [2.45, 2.75) is 0 Å². The van der Waals surface area contributed by atoms with Gasteiger partial charge in [0.05, 0.1) is 19.9 Å². The first kappa shape index (κ1) is 15.2. The molecule has 0 fully saturated rings. The Morgan fingerprint density at radius 1 is 1.09 bits per heavy atom. The van der Waals surface area contributed by atoms with Gasteiger partial charge in [-0.1, -0.05) is 17.7 Å². The molecule has 3 rings (SSSR count). The Kier molecular flexibility index (Phi) is 4.12. The number of benzene rings is 2. The average Bonchev–Trinajstić information content (AvgIpc) is 2.98. The lowest BCUT2D eigenvalue weighted by Gasteiger charge is -2.11. The number of hydrogen-bond acceptors (Lipinski definition) is 3. The smallest absolute Gasteiger partial charge is 0.272 e. The molecule has 0 aliphatic rings. The van der Waals surface area contributed by atoms with Gasteiger partial charge in [0.1, 0.15) is 17.2 Å². The van der Waals surface area contributed by atoms with Crippen molar-refractivity contribution in [3.63, 3.8) is 0 Å². The lowest BCUT2D eigenvalue weighted by atomic mass is 10.2. The second-order valence-electron chi connectivity index (χ2n) is 4.93. The molecule has 6 heteroatoms. The maximum Gasteiger partial charge on any atom is 0.272 e. The number of rotatable bonds is 4. The van der Waals surface area contributed by atoms with Crippen molar-refractivity contribution in [3.05, 3.63) is 53.2 Å². The highest BCUT2D eigenvalue weighted by atomic mass is 35.5. The minimum absolute atomic E-state index is 0.274. The Bertz CT molecular complexity index is 873.